The van der Waals surface area contributed by atoms with Gasteiger partial charge in [-0.25, -0.2) is 0 Å². The molecule has 0 saturated carbocycles. The van der Waals surface area contributed by atoms with E-state index in [9.17, 15) is 5.53 Å². The Morgan fingerprint density at radius 2 is 0.602 bits per heavy atom. The largest absolute Gasteiger partial charge is 2.00 e. The van der Waals surface area contributed by atoms with E-state index in [0.717, 1.165) is 56.9 Å². The van der Waals surface area contributed by atoms with Gasteiger partial charge >= 0.3 is 26.3 Å². The van der Waals surface area contributed by atoms with E-state index in [0.29, 0.717) is 0 Å². The normalized spacial score (nSPS) is 11.1. The Hall–Kier alpha value is -3.56. The quantitative estimate of drug-likeness (QED) is 0.00804. The molecular formula is C80H126N2Pd. The number of hydrogen-bond acceptors (Lipinski definition) is 0. The summed E-state index contributed by atoms with van der Waals surface area (Å²) >= 11 is 0. The fraction of sp³-hybridized carbons (Fsp3) is 0.650. The van der Waals surface area contributed by atoms with Gasteiger partial charge in [-0.2, -0.15) is 72.8 Å². The summed E-state index contributed by atoms with van der Waals surface area (Å²) in [5.41, 5.74) is 22.9. The molecule has 0 aliphatic heterocycles. The van der Waals surface area contributed by atoms with Gasteiger partial charge < -0.3 is 5.53 Å². The van der Waals surface area contributed by atoms with E-state index < -0.39 is 0 Å². The minimum Gasteiger partial charge on any atom is -0.348 e. The first kappa shape index (κ1) is 77.5. The predicted molar refractivity (Wildman–Crippen MR) is 364 cm³/mol. The molecule has 4 aromatic carbocycles. The molecule has 0 fully saturated rings. The summed E-state index contributed by atoms with van der Waals surface area (Å²) in [4.78, 5) is 3.69. The maximum Gasteiger partial charge on any atom is 2.00 e. The van der Waals surface area contributed by atoms with Crippen molar-refractivity contribution in [2.45, 2.75) is 337 Å². The van der Waals surface area contributed by atoms with Gasteiger partial charge in [0.15, 0.2) is 0 Å². The van der Waals surface area contributed by atoms with Crippen LogP contribution in [0, 0.1) is 12.1 Å². The number of allylic oxidation sites excluding steroid dienone is 2. The third kappa shape index (κ3) is 42.8. The molecule has 0 saturated heterocycles. The van der Waals surface area contributed by atoms with Crippen molar-refractivity contribution in [3.05, 3.63) is 159 Å². The molecule has 0 aliphatic rings. The van der Waals surface area contributed by atoms with E-state index in [-0.39, 0.29) is 20.4 Å². The number of benzene rings is 4. The molecule has 0 unspecified atom stereocenters. The van der Waals surface area contributed by atoms with Gasteiger partial charge in [0, 0.05) is 0 Å². The third-order valence-electron chi connectivity index (χ3n) is 16.6. The summed E-state index contributed by atoms with van der Waals surface area (Å²) in [6.45, 7) is 13.9. The minimum atomic E-state index is 0. The SMILES string of the molecule is CCCCCCCCCCCCCCCCCCCCCCCCC(C(=C=[N+]=[N-])CCCC)=C(c1cc(CCCC)cc(CCCC)c1)c1cc(CCCCCCCC)cc(CCCCCCCC)c1.[Pd+2].[c-]1ccccc1.[c-]1ccccc1. The molecule has 0 radical (unpaired) electrons. The maximum absolute atomic E-state index is 10.2. The van der Waals surface area contributed by atoms with Gasteiger partial charge in [-0.15, -0.1) is 4.79 Å². The van der Waals surface area contributed by atoms with E-state index in [1.165, 1.54) is 289 Å². The predicted octanol–water partition coefficient (Wildman–Crippen LogP) is 26.0. The zero-order chi connectivity index (χ0) is 58.9. The van der Waals surface area contributed by atoms with Crippen LogP contribution in [0.15, 0.2) is 108 Å². The minimum absolute atomic E-state index is 0. The van der Waals surface area contributed by atoms with E-state index in [4.69, 9.17) is 0 Å². The topological polar surface area (TPSA) is 36.4 Å². The van der Waals surface area contributed by atoms with Crippen LogP contribution in [-0.4, -0.2) is 10.7 Å². The Kier molecular flexibility index (Phi) is 54.9. The van der Waals surface area contributed by atoms with Gasteiger partial charge in [0.1, 0.15) is 0 Å². The molecule has 4 aromatic rings. The first-order valence-electron chi connectivity index (χ1n) is 35.3. The molecule has 83 heavy (non-hydrogen) atoms. The fourth-order valence-corrected chi connectivity index (χ4v) is 11.6. The van der Waals surface area contributed by atoms with Crippen molar-refractivity contribution in [2.75, 3.05) is 0 Å². The fourth-order valence-electron chi connectivity index (χ4n) is 11.6. The zero-order valence-corrected chi connectivity index (χ0v) is 56.5. The van der Waals surface area contributed by atoms with E-state index in [1.807, 2.05) is 60.7 Å². The zero-order valence-electron chi connectivity index (χ0n) is 55.0. The molecule has 0 atom stereocenters. The first-order chi connectivity index (χ1) is 40.5. The second kappa shape index (κ2) is 58.8. The summed E-state index contributed by atoms with van der Waals surface area (Å²) in [6.07, 6.45) is 60.4. The van der Waals surface area contributed by atoms with Gasteiger partial charge in [0.05, 0.1) is 5.57 Å². The molecule has 0 N–H and O–H groups in total. The van der Waals surface area contributed by atoms with Crippen LogP contribution in [0.2, 0.25) is 0 Å². The van der Waals surface area contributed by atoms with Gasteiger partial charge in [-0.05, 0) is 122 Å². The van der Waals surface area contributed by atoms with Crippen molar-refractivity contribution in [1.82, 2.24) is 0 Å². The summed E-state index contributed by atoms with van der Waals surface area (Å²) in [5.74, 6) is 3.24. The van der Waals surface area contributed by atoms with Crippen LogP contribution >= 0.6 is 0 Å². The summed E-state index contributed by atoms with van der Waals surface area (Å²) < 4.78 is 0. The first-order valence-corrected chi connectivity index (χ1v) is 35.3. The molecule has 2 nitrogen and oxygen atoms in total. The molecule has 0 spiro atoms. The number of rotatable bonds is 49. The number of unbranched alkanes of at least 4 members (excludes halogenated alkanes) is 34. The molecule has 0 heterocycles. The second-order valence-electron chi connectivity index (χ2n) is 24.3. The second-order valence-corrected chi connectivity index (χ2v) is 24.3. The van der Waals surface area contributed by atoms with Gasteiger partial charge in [-0.1, -0.05) is 296 Å². The molecule has 0 aliphatic carbocycles. The van der Waals surface area contributed by atoms with Crippen LogP contribution in [0.1, 0.15) is 345 Å². The Bertz CT molecular complexity index is 2000. The van der Waals surface area contributed by atoms with Gasteiger partial charge in [0.25, 0.3) is 0 Å². The summed E-state index contributed by atoms with van der Waals surface area (Å²) in [6, 6.07) is 40.4. The van der Waals surface area contributed by atoms with Crippen LogP contribution in [0.25, 0.3) is 11.1 Å². The molecule has 3 heteroatoms. The monoisotopic (exact) mass is 1220 g/mol. The molecule has 4 rings (SSSR count). The average molecular weight is 1220 g/mol. The smallest absolute Gasteiger partial charge is 0.348 e. The third-order valence-corrected chi connectivity index (χ3v) is 16.6. The Morgan fingerprint density at radius 3 is 0.867 bits per heavy atom. The van der Waals surface area contributed by atoms with Crippen molar-refractivity contribution in [1.29, 1.82) is 0 Å². The number of hydrogen-bond donors (Lipinski definition) is 0. The van der Waals surface area contributed by atoms with Crippen molar-refractivity contribution >= 4 is 11.4 Å². The molecule has 0 bridgehead atoms. The van der Waals surface area contributed by atoms with Gasteiger partial charge in [0.2, 0.25) is 0 Å². The average Bonchev–Trinajstić information content (AvgIpc) is 3.66. The van der Waals surface area contributed by atoms with Crippen molar-refractivity contribution in [3.63, 3.8) is 0 Å². The maximum atomic E-state index is 10.2. The Balaban J connectivity index is 0.00000233. The van der Waals surface area contributed by atoms with Crippen LogP contribution < -0.4 is 0 Å². The van der Waals surface area contributed by atoms with Crippen LogP contribution in [-0.2, 0) is 46.1 Å². The molecule has 466 valence electrons. The van der Waals surface area contributed by atoms with Crippen LogP contribution in [0.5, 0.6) is 0 Å². The molecule has 0 aromatic heterocycles. The molecular weight excluding hydrogens is 1100 g/mol. The van der Waals surface area contributed by atoms with Crippen molar-refractivity contribution < 1.29 is 25.2 Å². The van der Waals surface area contributed by atoms with E-state index in [1.54, 1.807) is 0 Å². The summed E-state index contributed by atoms with van der Waals surface area (Å²) in [5, 5.41) is 0. The molecule has 0 amide bonds. The van der Waals surface area contributed by atoms with Crippen LogP contribution in [0.4, 0.5) is 0 Å². The standard InChI is InChI=1S/C68H116N2.2C6H5.Pd/c1-7-13-19-22-25-26-27-28-29-30-31-32-33-34-35-36-37-38-39-40-43-46-52-67(64(59-70-69)51-18-12-6)68(65-55-60(47-16-10-4)53-61(56-65)48-17-11-5)66-57-62(49-44-41-23-20-14-8-2)54-63(58-66)50-45-42-24-21-15-9-3;2*1-2-4-6-5-3-1;/h53-58H,7-52H2,1-6H3;2*1-5H;/q;2*-1;+2. The Labute approximate surface area is 529 Å². The van der Waals surface area contributed by atoms with Crippen molar-refractivity contribution in [2.24, 2.45) is 0 Å². The van der Waals surface area contributed by atoms with Crippen molar-refractivity contribution in [3.8, 4) is 0 Å². The van der Waals surface area contributed by atoms with Crippen LogP contribution in [0.3, 0.4) is 0 Å². The Morgan fingerprint density at radius 1 is 0.325 bits per heavy atom. The van der Waals surface area contributed by atoms with E-state index >= 15 is 0 Å². The number of nitrogens with zero attached hydrogens (tertiary/aromatic N) is 2. The summed E-state index contributed by atoms with van der Waals surface area (Å²) in [7, 11) is 0. The van der Waals surface area contributed by atoms with Gasteiger partial charge in [-0.3, -0.25) is 0 Å². The number of aryl methyl sites for hydroxylation is 4. The van der Waals surface area contributed by atoms with E-state index in [2.05, 4.69) is 101 Å².